The van der Waals surface area contributed by atoms with Crippen molar-refractivity contribution in [1.82, 2.24) is 0 Å². The maximum Gasteiger partial charge on any atom is 0.327 e. The molecule has 6 nitrogen and oxygen atoms in total. The third kappa shape index (κ3) is 4.56. The predicted molar refractivity (Wildman–Crippen MR) is 46.2 cm³/mol. The van der Waals surface area contributed by atoms with E-state index in [1.165, 1.54) is 0 Å². The summed E-state index contributed by atoms with van der Waals surface area (Å²) in [5.41, 5.74) is 4.92. The van der Waals surface area contributed by atoms with Crippen molar-refractivity contribution in [3.8, 4) is 0 Å². The summed E-state index contributed by atoms with van der Waals surface area (Å²) in [4.78, 5) is 32.0. The van der Waals surface area contributed by atoms with E-state index in [1.807, 2.05) is 0 Å². The standard InChI is InChI=1S/C8H13NO5/c1-2-5(3-6(10)11)8(13)14-7(12)4-9/h5H,2-4,9H2,1H3,(H,10,11). The van der Waals surface area contributed by atoms with Crippen LogP contribution < -0.4 is 5.73 Å². The number of carboxylic acids is 1. The summed E-state index contributed by atoms with van der Waals surface area (Å²) in [6, 6.07) is 0. The largest absolute Gasteiger partial charge is 0.481 e. The average molecular weight is 203 g/mol. The van der Waals surface area contributed by atoms with Crippen molar-refractivity contribution in [3.63, 3.8) is 0 Å². The maximum absolute atomic E-state index is 11.1. The van der Waals surface area contributed by atoms with Crippen LogP contribution in [0.25, 0.3) is 0 Å². The number of carboxylic acid groups (broad SMARTS) is 1. The van der Waals surface area contributed by atoms with Gasteiger partial charge in [0.15, 0.2) is 0 Å². The lowest BCUT2D eigenvalue weighted by Crippen LogP contribution is -2.26. The smallest absolute Gasteiger partial charge is 0.327 e. The Balaban J connectivity index is 4.17. The van der Waals surface area contributed by atoms with Crippen LogP contribution in [0.1, 0.15) is 19.8 Å². The Morgan fingerprint density at radius 1 is 1.43 bits per heavy atom. The van der Waals surface area contributed by atoms with E-state index in [9.17, 15) is 14.4 Å². The van der Waals surface area contributed by atoms with Crippen LogP contribution in [0.5, 0.6) is 0 Å². The van der Waals surface area contributed by atoms with Crippen molar-refractivity contribution in [2.24, 2.45) is 11.7 Å². The van der Waals surface area contributed by atoms with Gasteiger partial charge in [-0.05, 0) is 6.42 Å². The van der Waals surface area contributed by atoms with Crippen LogP contribution in [0.15, 0.2) is 0 Å². The van der Waals surface area contributed by atoms with Gasteiger partial charge in [0.2, 0.25) is 0 Å². The second-order valence-electron chi connectivity index (χ2n) is 2.70. The summed E-state index contributed by atoms with van der Waals surface area (Å²) in [7, 11) is 0. The van der Waals surface area contributed by atoms with Gasteiger partial charge in [0.05, 0.1) is 18.9 Å². The summed E-state index contributed by atoms with van der Waals surface area (Å²) in [6.07, 6.45) is -0.0316. The topological polar surface area (TPSA) is 107 Å². The quantitative estimate of drug-likeness (QED) is 0.461. The molecule has 0 heterocycles. The lowest BCUT2D eigenvalue weighted by molar-refractivity contribution is -0.163. The molecule has 0 saturated heterocycles. The lowest BCUT2D eigenvalue weighted by atomic mass is 10.0. The molecule has 0 aromatic rings. The fraction of sp³-hybridized carbons (Fsp3) is 0.625. The third-order valence-corrected chi connectivity index (χ3v) is 1.63. The number of nitrogens with two attached hydrogens (primary N) is 1. The molecule has 0 rings (SSSR count). The van der Waals surface area contributed by atoms with Gasteiger partial charge in [0, 0.05) is 0 Å². The maximum atomic E-state index is 11.1. The minimum atomic E-state index is -1.10. The Hall–Kier alpha value is -1.43. The third-order valence-electron chi connectivity index (χ3n) is 1.63. The number of aliphatic carboxylic acids is 1. The Morgan fingerprint density at radius 2 is 2.00 bits per heavy atom. The SMILES string of the molecule is CCC(CC(=O)O)C(=O)OC(=O)CN. The van der Waals surface area contributed by atoms with Gasteiger partial charge in [-0.15, -0.1) is 0 Å². The summed E-state index contributed by atoms with van der Waals surface area (Å²) in [5.74, 6) is -3.57. The second-order valence-corrected chi connectivity index (χ2v) is 2.70. The van der Waals surface area contributed by atoms with Gasteiger partial charge >= 0.3 is 17.9 Å². The molecule has 0 spiro atoms. The normalized spacial score (nSPS) is 11.9. The molecule has 0 aliphatic heterocycles. The molecule has 6 heteroatoms. The van der Waals surface area contributed by atoms with E-state index in [0.717, 1.165) is 0 Å². The molecule has 0 radical (unpaired) electrons. The monoisotopic (exact) mass is 203 g/mol. The van der Waals surface area contributed by atoms with E-state index in [4.69, 9.17) is 10.8 Å². The van der Waals surface area contributed by atoms with Crippen LogP contribution in [0.2, 0.25) is 0 Å². The Kier molecular flexibility index (Phi) is 5.47. The number of carbonyl (C=O) groups is 3. The summed E-state index contributed by atoms with van der Waals surface area (Å²) < 4.78 is 4.29. The number of rotatable bonds is 5. The minimum absolute atomic E-state index is 0.309. The lowest BCUT2D eigenvalue weighted by Gasteiger charge is -2.09. The molecule has 3 N–H and O–H groups in total. The molecule has 0 aliphatic rings. The van der Waals surface area contributed by atoms with Gasteiger partial charge in [-0.3, -0.25) is 14.4 Å². The Bertz CT molecular complexity index is 238. The van der Waals surface area contributed by atoms with Gasteiger partial charge < -0.3 is 15.6 Å². The number of ether oxygens (including phenoxy) is 1. The molecule has 14 heavy (non-hydrogen) atoms. The molecule has 0 aliphatic carbocycles. The molecule has 0 aromatic carbocycles. The molecule has 0 fully saturated rings. The molecular weight excluding hydrogens is 190 g/mol. The van der Waals surface area contributed by atoms with Crippen LogP contribution in [0, 0.1) is 5.92 Å². The highest BCUT2D eigenvalue weighted by molar-refractivity contribution is 5.89. The first-order chi connectivity index (χ1) is 6.51. The van der Waals surface area contributed by atoms with Gasteiger partial charge in [0.25, 0.3) is 0 Å². The highest BCUT2D eigenvalue weighted by Crippen LogP contribution is 2.10. The van der Waals surface area contributed by atoms with E-state index in [-0.39, 0.29) is 6.42 Å². The van der Waals surface area contributed by atoms with E-state index < -0.39 is 30.4 Å². The summed E-state index contributed by atoms with van der Waals surface area (Å²) >= 11 is 0. The van der Waals surface area contributed by atoms with Crippen molar-refractivity contribution in [3.05, 3.63) is 0 Å². The first-order valence-corrected chi connectivity index (χ1v) is 4.17. The van der Waals surface area contributed by atoms with Crippen LogP contribution in [-0.2, 0) is 19.1 Å². The van der Waals surface area contributed by atoms with Gasteiger partial charge in [-0.2, -0.15) is 0 Å². The second kappa shape index (κ2) is 6.09. The molecule has 1 unspecified atom stereocenters. The van der Waals surface area contributed by atoms with Crippen LogP contribution in [-0.4, -0.2) is 29.6 Å². The number of hydrogen-bond donors (Lipinski definition) is 2. The zero-order valence-corrected chi connectivity index (χ0v) is 7.86. The highest BCUT2D eigenvalue weighted by Gasteiger charge is 2.23. The van der Waals surface area contributed by atoms with E-state index in [0.29, 0.717) is 6.42 Å². The molecule has 0 bridgehead atoms. The van der Waals surface area contributed by atoms with Crippen molar-refractivity contribution in [2.75, 3.05) is 6.54 Å². The van der Waals surface area contributed by atoms with Crippen LogP contribution in [0.3, 0.4) is 0 Å². The number of carbonyl (C=O) groups excluding carboxylic acids is 2. The summed E-state index contributed by atoms with van der Waals surface area (Å²) in [6.45, 7) is 1.25. The molecule has 0 aromatic heterocycles. The predicted octanol–water partition coefficient (Wildman–Crippen LogP) is -0.484. The fourth-order valence-electron chi connectivity index (χ4n) is 0.842. The summed E-state index contributed by atoms with van der Waals surface area (Å²) in [5, 5.41) is 8.44. The van der Waals surface area contributed by atoms with Gasteiger partial charge in [-0.1, -0.05) is 6.92 Å². The van der Waals surface area contributed by atoms with Crippen molar-refractivity contribution < 1.29 is 24.2 Å². The van der Waals surface area contributed by atoms with Crippen molar-refractivity contribution in [2.45, 2.75) is 19.8 Å². The molecule has 80 valence electrons. The van der Waals surface area contributed by atoms with Crippen LogP contribution >= 0.6 is 0 Å². The minimum Gasteiger partial charge on any atom is -0.481 e. The zero-order valence-electron chi connectivity index (χ0n) is 7.86. The van der Waals surface area contributed by atoms with E-state index in [1.54, 1.807) is 6.92 Å². The Labute approximate surface area is 81.0 Å². The van der Waals surface area contributed by atoms with Crippen LogP contribution in [0.4, 0.5) is 0 Å². The molecule has 1 atom stereocenters. The highest BCUT2D eigenvalue weighted by atomic mass is 16.6. The first-order valence-electron chi connectivity index (χ1n) is 4.17. The zero-order chi connectivity index (χ0) is 11.1. The Morgan fingerprint density at radius 3 is 2.36 bits per heavy atom. The average Bonchev–Trinajstić information content (AvgIpc) is 2.13. The van der Waals surface area contributed by atoms with Gasteiger partial charge in [0.1, 0.15) is 0 Å². The van der Waals surface area contributed by atoms with Gasteiger partial charge in [-0.25, -0.2) is 0 Å². The molecular formula is C8H13NO5. The van der Waals surface area contributed by atoms with Crippen molar-refractivity contribution in [1.29, 1.82) is 0 Å². The fourth-order valence-corrected chi connectivity index (χ4v) is 0.842. The van der Waals surface area contributed by atoms with E-state index >= 15 is 0 Å². The number of hydrogen-bond acceptors (Lipinski definition) is 5. The first kappa shape index (κ1) is 12.6. The number of esters is 2. The van der Waals surface area contributed by atoms with Crippen molar-refractivity contribution >= 4 is 17.9 Å². The van der Waals surface area contributed by atoms with E-state index in [2.05, 4.69) is 4.74 Å². The molecule has 0 saturated carbocycles. The molecule has 0 amide bonds.